The number of carboxylic acid groups (broad SMARTS) is 1. The van der Waals surface area contributed by atoms with Crippen molar-refractivity contribution in [2.24, 2.45) is 0 Å². The largest absolute Gasteiger partial charge is 0.478 e. The van der Waals surface area contributed by atoms with E-state index in [9.17, 15) is 14.9 Å². The van der Waals surface area contributed by atoms with Gasteiger partial charge in [-0.1, -0.05) is 6.07 Å². The second kappa shape index (κ2) is 5.92. The fraction of sp³-hybridized carbons (Fsp3) is 0.417. The topological polar surface area (TPSA) is 92.5 Å². The number of carboxylic acids is 1. The van der Waals surface area contributed by atoms with Crippen LogP contribution >= 0.6 is 11.8 Å². The summed E-state index contributed by atoms with van der Waals surface area (Å²) in [6, 6.07) is 4.01. The summed E-state index contributed by atoms with van der Waals surface area (Å²) >= 11 is 1.60. The first-order valence-electron chi connectivity index (χ1n) is 5.58. The second-order valence-electron chi connectivity index (χ2n) is 4.58. The molecule has 0 amide bonds. The predicted octanol–water partition coefficient (Wildman–Crippen LogP) is 2.85. The van der Waals surface area contributed by atoms with E-state index in [1.807, 2.05) is 20.1 Å². The molecule has 0 radical (unpaired) electrons. The number of para-hydroxylation sites is 1. The summed E-state index contributed by atoms with van der Waals surface area (Å²) in [6.45, 7) is 4.37. The standard InChI is InChI=1S/C12H16N2O4S/c1-12(2,19-3)7-13-10-8(11(15)16)5-4-6-9(10)14(17)18/h4-6,13H,7H2,1-3H3,(H,15,16). The van der Waals surface area contributed by atoms with Crippen molar-refractivity contribution in [3.05, 3.63) is 33.9 Å². The molecule has 0 atom stereocenters. The molecule has 0 heterocycles. The van der Waals surface area contributed by atoms with E-state index in [-0.39, 0.29) is 21.7 Å². The quantitative estimate of drug-likeness (QED) is 0.616. The van der Waals surface area contributed by atoms with Gasteiger partial charge in [-0.2, -0.15) is 11.8 Å². The summed E-state index contributed by atoms with van der Waals surface area (Å²) in [5.74, 6) is -1.19. The maximum absolute atomic E-state index is 11.1. The molecule has 2 N–H and O–H groups in total. The molecular formula is C12H16N2O4S. The fourth-order valence-corrected chi connectivity index (χ4v) is 1.65. The summed E-state index contributed by atoms with van der Waals surface area (Å²) in [7, 11) is 0. The zero-order valence-electron chi connectivity index (χ0n) is 11.0. The molecule has 6 nitrogen and oxygen atoms in total. The molecule has 0 spiro atoms. The Balaban J connectivity index is 3.15. The van der Waals surface area contributed by atoms with Crippen molar-refractivity contribution in [2.45, 2.75) is 18.6 Å². The lowest BCUT2D eigenvalue weighted by Crippen LogP contribution is -2.27. The van der Waals surface area contributed by atoms with Crippen molar-refractivity contribution >= 4 is 29.1 Å². The van der Waals surface area contributed by atoms with Gasteiger partial charge in [-0.05, 0) is 26.2 Å². The van der Waals surface area contributed by atoms with Crippen LogP contribution in [0.1, 0.15) is 24.2 Å². The maximum atomic E-state index is 11.1. The molecule has 0 aliphatic rings. The zero-order chi connectivity index (χ0) is 14.6. The summed E-state index contributed by atoms with van der Waals surface area (Å²) in [5, 5.41) is 22.9. The highest BCUT2D eigenvalue weighted by molar-refractivity contribution is 7.99. The number of nitro groups is 1. The molecule has 0 aromatic heterocycles. The van der Waals surface area contributed by atoms with Gasteiger partial charge < -0.3 is 10.4 Å². The molecule has 7 heteroatoms. The van der Waals surface area contributed by atoms with Gasteiger partial charge in [0.05, 0.1) is 10.5 Å². The smallest absolute Gasteiger partial charge is 0.338 e. The number of thioether (sulfide) groups is 1. The number of nitro benzene ring substituents is 1. The highest BCUT2D eigenvalue weighted by Crippen LogP contribution is 2.30. The number of benzene rings is 1. The number of anilines is 1. The molecule has 1 rings (SSSR count). The van der Waals surface area contributed by atoms with Crippen molar-refractivity contribution in [1.29, 1.82) is 0 Å². The van der Waals surface area contributed by atoms with Gasteiger partial charge in [0.15, 0.2) is 0 Å². The van der Waals surface area contributed by atoms with E-state index < -0.39 is 10.9 Å². The van der Waals surface area contributed by atoms with Crippen LogP contribution in [-0.2, 0) is 0 Å². The van der Waals surface area contributed by atoms with Gasteiger partial charge in [0, 0.05) is 17.4 Å². The molecule has 0 saturated carbocycles. The Kier molecular flexibility index (Phi) is 4.77. The maximum Gasteiger partial charge on any atom is 0.338 e. The van der Waals surface area contributed by atoms with Crippen LogP contribution in [0, 0.1) is 10.1 Å². The van der Waals surface area contributed by atoms with Crippen molar-refractivity contribution in [1.82, 2.24) is 0 Å². The zero-order valence-corrected chi connectivity index (χ0v) is 11.8. The van der Waals surface area contributed by atoms with Crippen LogP contribution in [0.3, 0.4) is 0 Å². The first kappa shape index (κ1) is 15.3. The minimum atomic E-state index is -1.19. The molecule has 1 aromatic carbocycles. The fourth-order valence-electron chi connectivity index (χ4n) is 1.43. The number of carbonyl (C=O) groups is 1. The van der Waals surface area contributed by atoms with E-state index in [2.05, 4.69) is 5.32 Å². The van der Waals surface area contributed by atoms with Crippen LogP contribution in [0.2, 0.25) is 0 Å². The predicted molar refractivity (Wildman–Crippen MR) is 76.1 cm³/mol. The number of aromatic carboxylic acids is 1. The highest BCUT2D eigenvalue weighted by atomic mass is 32.2. The van der Waals surface area contributed by atoms with E-state index >= 15 is 0 Å². The Morgan fingerprint density at radius 1 is 1.53 bits per heavy atom. The number of nitrogens with one attached hydrogen (secondary N) is 1. The Morgan fingerprint density at radius 3 is 2.63 bits per heavy atom. The molecule has 0 unspecified atom stereocenters. The van der Waals surface area contributed by atoms with E-state index in [1.165, 1.54) is 18.2 Å². The van der Waals surface area contributed by atoms with E-state index in [0.717, 1.165) is 0 Å². The molecule has 0 aliphatic carbocycles. The number of nitrogens with zero attached hydrogens (tertiary/aromatic N) is 1. The Hall–Kier alpha value is -1.76. The van der Waals surface area contributed by atoms with E-state index in [4.69, 9.17) is 5.11 Å². The van der Waals surface area contributed by atoms with Crippen molar-refractivity contribution in [3.8, 4) is 0 Å². The number of rotatable bonds is 6. The average Bonchev–Trinajstić information content (AvgIpc) is 2.35. The van der Waals surface area contributed by atoms with Crippen LogP contribution in [0.5, 0.6) is 0 Å². The van der Waals surface area contributed by atoms with Crippen LogP contribution < -0.4 is 5.32 Å². The van der Waals surface area contributed by atoms with Gasteiger partial charge in [0.25, 0.3) is 5.69 Å². The summed E-state index contributed by atoms with van der Waals surface area (Å²) in [5.41, 5.74) is -0.259. The lowest BCUT2D eigenvalue weighted by Gasteiger charge is -2.23. The third-order valence-electron chi connectivity index (χ3n) is 2.71. The molecule has 1 aromatic rings. The summed E-state index contributed by atoms with van der Waals surface area (Å²) in [4.78, 5) is 21.5. The normalized spacial score (nSPS) is 11.1. The molecular weight excluding hydrogens is 268 g/mol. The van der Waals surface area contributed by atoms with Gasteiger partial charge in [0.2, 0.25) is 0 Å². The third kappa shape index (κ3) is 3.85. The monoisotopic (exact) mass is 284 g/mol. The van der Waals surface area contributed by atoms with Crippen molar-refractivity contribution in [3.63, 3.8) is 0 Å². The van der Waals surface area contributed by atoms with E-state index in [0.29, 0.717) is 6.54 Å². The molecule has 104 valence electrons. The molecule has 19 heavy (non-hydrogen) atoms. The Bertz CT molecular complexity index is 470. The van der Waals surface area contributed by atoms with Crippen LogP contribution in [0.25, 0.3) is 0 Å². The first-order valence-corrected chi connectivity index (χ1v) is 6.80. The minimum Gasteiger partial charge on any atom is -0.478 e. The number of hydrogen-bond acceptors (Lipinski definition) is 5. The Labute approximate surface area is 115 Å². The highest BCUT2D eigenvalue weighted by Gasteiger charge is 2.23. The van der Waals surface area contributed by atoms with Crippen LogP contribution in [-0.4, -0.2) is 33.5 Å². The Morgan fingerprint density at radius 2 is 2.16 bits per heavy atom. The van der Waals surface area contributed by atoms with Gasteiger partial charge in [-0.15, -0.1) is 0 Å². The van der Waals surface area contributed by atoms with Gasteiger partial charge in [-0.25, -0.2) is 4.79 Å². The van der Waals surface area contributed by atoms with Crippen molar-refractivity contribution in [2.75, 3.05) is 18.1 Å². The SMILES string of the molecule is CSC(C)(C)CNc1c(C(=O)O)cccc1[N+](=O)[O-]. The average molecular weight is 284 g/mol. The van der Waals surface area contributed by atoms with Crippen molar-refractivity contribution < 1.29 is 14.8 Å². The number of hydrogen-bond donors (Lipinski definition) is 2. The van der Waals surface area contributed by atoms with E-state index in [1.54, 1.807) is 11.8 Å². The van der Waals surface area contributed by atoms with Crippen LogP contribution in [0.4, 0.5) is 11.4 Å². The minimum absolute atomic E-state index is 0.0575. The van der Waals surface area contributed by atoms with Gasteiger partial charge in [-0.3, -0.25) is 10.1 Å². The molecule has 0 bridgehead atoms. The first-order chi connectivity index (χ1) is 8.78. The second-order valence-corrected chi connectivity index (χ2v) is 6.09. The molecule has 0 aliphatic heterocycles. The van der Waals surface area contributed by atoms with Crippen LogP contribution in [0.15, 0.2) is 18.2 Å². The third-order valence-corrected chi connectivity index (χ3v) is 3.96. The summed E-state index contributed by atoms with van der Waals surface area (Å²) in [6.07, 6.45) is 1.93. The molecule has 0 fully saturated rings. The van der Waals surface area contributed by atoms with Gasteiger partial charge >= 0.3 is 5.97 Å². The lowest BCUT2D eigenvalue weighted by atomic mass is 10.1. The lowest BCUT2D eigenvalue weighted by molar-refractivity contribution is -0.384. The van der Waals surface area contributed by atoms with Gasteiger partial charge in [0.1, 0.15) is 5.69 Å². The molecule has 0 saturated heterocycles. The summed E-state index contributed by atoms with van der Waals surface area (Å²) < 4.78 is -0.153.